The Bertz CT molecular complexity index is 462. The zero-order valence-electron chi connectivity index (χ0n) is 11.2. The first-order chi connectivity index (χ1) is 8.62. The topological polar surface area (TPSA) is 67.5 Å². The molecule has 5 heteroatoms. The van der Waals surface area contributed by atoms with Crippen LogP contribution in [0, 0.1) is 0 Å². The molecule has 0 amide bonds. The molecular formula is C13H23N3OS. The lowest BCUT2D eigenvalue weighted by molar-refractivity contribution is 0.655. The maximum Gasteiger partial charge on any atom is 0.137 e. The third-order valence-corrected chi connectivity index (χ3v) is 4.58. The van der Waals surface area contributed by atoms with Gasteiger partial charge in [-0.3, -0.25) is 0 Å². The lowest BCUT2D eigenvalue weighted by atomic mass is 10.3. The molecule has 0 saturated heterocycles. The van der Waals surface area contributed by atoms with E-state index in [2.05, 4.69) is 16.0 Å². The third-order valence-electron chi connectivity index (χ3n) is 2.52. The molecule has 0 spiro atoms. The first kappa shape index (κ1) is 15.0. The van der Waals surface area contributed by atoms with Gasteiger partial charge in [-0.1, -0.05) is 20.3 Å². The highest BCUT2D eigenvalue weighted by Gasteiger charge is 2.10. The number of hydrogen-bond donors (Lipinski definition) is 2. The van der Waals surface area contributed by atoms with Crippen molar-refractivity contribution in [3.05, 3.63) is 24.3 Å². The molecule has 0 fully saturated rings. The van der Waals surface area contributed by atoms with Gasteiger partial charge in [-0.2, -0.15) is 0 Å². The van der Waals surface area contributed by atoms with Crippen molar-refractivity contribution < 1.29 is 4.21 Å². The highest BCUT2D eigenvalue weighted by molar-refractivity contribution is 7.91. The van der Waals surface area contributed by atoms with Crippen molar-refractivity contribution in [2.24, 2.45) is 4.36 Å². The Kier molecular flexibility index (Phi) is 6.15. The Balaban J connectivity index is 2.96. The zero-order valence-corrected chi connectivity index (χ0v) is 12.0. The van der Waals surface area contributed by atoms with Gasteiger partial charge in [-0.15, -0.1) is 0 Å². The predicted octanol–water partition coefficient (Wildman–Crippen LogP) is 2.81. The number of nitrogens with two attached hydrogens (primary N) is 1. The van der Waals surface area contributed by atoms with Crippen LogP contribution in [0.3, 0.4) is 0 Å². The minimum absolute atomic E-state index is 0.600. The Morgan fingerprint density at radius 2 is 1.89 bits per heavy atom. The average Bonchev–Trinajstić information content (AvgIpc) is 2.37. The Labute approximate surface area is 110 Å². The van der Waals surface area contributed by atoms with E-state index in [1.165, 1.54) is 0 Å². The van der Waals surface area contributed by atoms with Crippen molar-refractivity contribution in [2.75, 3.05) is 18.8 Å². The van der Waals surface area contributed by atoms with Crippen molar-refractivity contribution in [2.45, 2.75) is 38.0 Å². The van der Waals surface area contributed by atoms with Crippen LogP contribution in [-0.4, -0.2) is 17.3 Å². The fourth-order valence-corrected chi connectivity index (χ4v) is 3.24. The van der Waals surface area contributed by atoms with Crippen LogP contribution < -0.4 is 10.5 Å². The van der Waals surface area contributed by atoms with E-state index in [1.54, 1.807) is 24.3 Å². The van der Waals surface area contributed by atoms with Crippen LogP contribution in [0.4, 0.5) is 5.69 Å². The summed E-state index contributed by atoms with van der Waals surface area (Å²) in [5.41, 5.74) is 6.32. The molecule has 1 atom stereocenters. The fourth-order valence-electron chi connectivity index (χ4n) is 1.46. The SMILES string of the molecule is CCCCNS(=O)(=NCCC)c1ccc(N)cc1. The van der Waals surface area contributed by atoms with Gasteiger partial charge in [-0.25, -0.2) is 13.3 Å². The molecule has 1 rings (SSSR count). The van der Waals surface area contributed by atoms with Gasteiger partial charge < -0.3 is 5.73 Å². The first-order valence-corrected chi connectivity index (χ1v) is 7.97. The van der Waals surface area contributed by atoms with Crippen LogP contribution in [0.25, 0.3) is 0 Å². The molecule has 3 N–H and O–H groups in total. The molecule has 1 aromatic carbocycles. The lowest BCUT2D eigenvalue weighted by Gasteiger charge is -2.12. The Morgan fingerprint density at radius 1 is 1.22 bits per heavy atom. The quantitative estimate of drug-likeness (QED) is 0.590. The van der Waals surface area contributed by atoms with Crippen LogP contribution >= 0.6 is 0 Å². The number of rotatable bonds is 7. The van der Waals surface area contributed by atoms with Crippen molar-refractivity contribution in [1.29, 1.82) is 0 Å². The van der Waals surface area contributed by atoms with Gasteiger partial charge >= 0.3 is 0 Å². The predicted molar refractivity (Wildman–Crippen MR) is 77.8 cm³/mol. The fraction of sp³-hybridized carbons (Fsp3) is 0.538. The van der Waals surface area contributed by atoms with E-state index >= 15 is 0 Å². The molecule has 0 heterocycles. The van der Waals surface area contributed by atoms with E-state index in [4.69, 9.17) is 5.73 Å². The summed E-state index contributed by atoms with van der Waals surface area (Å²) in [7, 11) is -2.50. The molecule has 0 aliphatic rings. The molecule has 0 bridgehead atoms. The normalized spacial score (nSPS) is 14.1. The molecule has 0 radical (unpaired) electrons. The monoisotopic (exact) mass is 269 g/mol. The Hall–Kier alpha value is -1.07. The second-order valence-electron chi connectivity index (χ2n) is 4.20. The maximum absolute atomic E-state index is 12.8. The first-order valence-electron chi connectivity index (χ1n) is 6.45. The van der Waals surface area contributed by atoms with Gasteiger partial charge in [0.1, 0.15) is 9.92 Å². The average molecular weight is 269 g/mol. The highest BCUT2D eigenvalue weighted by atomic mass is 32.2. The molecule has 0 aromatic heterocycles. The van der Waals surface area contributed by atoms with Crippen LogP contribution in [0.1, 0.15) is 33.1 Å². The second-order valence-corrected chi connectivity index (χ2v) is 6.27. The molecule has 0 aliphatic carbocycles. The number of anilines is 1. The molecule has 4 nitrogen and oxygen atoms in total. The van der Waals surface area contributed by atoms with Gasteiger partial charge in [-0.05, 0) is 37.1 Å². The molecular weight excluding hydrogens is 246 g/mol. The number of hydrogen-bond acceptors (Lipinski definition) is 3. The summed E-state index contributed by atoms with van der Waals surface area (Å²) < 4.78 is 20.2. The largest absolute Gasteiger partial charge is 0.399 e. The van der Waals surface area contributed by atoms with E-state index in [0.29, 0.717) is 23.7 Å². The summed E-state index contributed by atoms with van der Waals surface area (Å²) in [5.74, 6) is 0. The van der Waals surface area contributed by atoms with Gasteiger partial charge in [0.15, 0.2) is 0 Å². The molecule has 0 aliphatic heterocycles. The van der Waals surface area contributed by atoms with Gasteiger partial charge in [0.25, 0.3) is 0 Å². The van der Waals surface area contributed by atoms with Crippen LogP contribution in [0.5, 0.6) is 0 Å². The summed E-state index contributed by atoms with van der Waals surface area (Å²) in [4.78, 5) is 0.709. The summed E-state index contributed by atoms with van der Waals surface area (Å²) in [5, 5.41) is 0. The number of nitrogen functional groups attached to an aromatic ring is 1. The van der Waals surface area contributed by atoms with Crippen LogP contribution in [0.2, 0.25) is 0 Å². The minimum Gasteiger partial charge on any atom is -0.399 e. The lowest BCUT2D eigenvalue weighted by Crippen LogP contribution is -2.25. The van der Waals surface area contributed by atoms with E-state index in [0.717, 1.165) is 19.3 Å². The molecule has 18 heavy (non-hydrogen) atoms. The van der Waals surface area contributed by atoms with E-state index < -0.39 is 9.92 Å². The standard InChI is InChI=1S/C13H23N3OS/c1-3-5-11-16-18(17,15-10-4-2)13-8-6-12(14)7-9-13/h6-9H,3-5,10-11,14H2,1-2H3,(H,15,16,17). The summed E-state index contributed by atoms with van der Waals surface area (Å²) in [6.45, 7) is 5.45. The van der Waals surface area contributed by atoms with Crippen molar-refractivity contribution in [3.8, 4) is 0 Å². The zero-order chi connectivity index (χ0) is 13.4. The second kappa shape index (κ2) is 7.38. The van der Waals surface area contributed by atoms with Crippen LogP contribution in [0.15, 0.2) is 33.5 Å². The smallest absolute Gasteiger partial charge is 0.137 e. The van der Waals surface area contributed by atoms with Crippen molar-refractivity contribution in [3.63, 3.8) is 0 Å². The summed E-state index contributed by atoms with van der Waals surface area (Å²) in [6, 6.07) is 7.10. The Morgan fingerprint density at radius 3 is 2.44 bits per heavy atom. The van der Waals surface area contributed by atoms with Crippen molar-refractivity contribution >= 4 is 15.6 Å². The molecule has 1 aromatic rings. The summed E-state index contributed by atoms with van der Waals surface area (Å²) >= 11 is 0. The van der Waals surface area contributed by atoms with Crippen molar-refractivity contribution in [1.82, 2.24) is 4.72 Å². The number of benzene rings is 1. The molecule has 0 saturated carbocycles. The minimum atomic E-state index is -2.50. The van der Waals surface area contributed by atoms with Gasteiger partial charge in [0.05, 0.1) is 4.90 Å². The van der Waals surface area contributed by atoms with E-state index in [-0.39, 0.29) is 0 Å². The van der Waals surface area contributed by atoms with E-state index in [1.807, 2.05) is 6.92 Å². The van der Waals surface area contributed by atoms with Gasteiger partial charge in [0.2, 0.25) is 0 Å². The molecule has 1 unspecified atom stereocenters. The number of nitrogens with one attached hydrogen (secondary N) is 1. The van der Waals surface area contributed by atoms with E-state index in [9.17, 15) is 4.21 Å². The highest BCUT2D eigenvalue weighted by Crippen LogP contribution is 2.14. The number of nitrogens with zero attached hydrogens (tertiary/aromatic N) is 1. The maximum atomic E-state index is 12.8. The third kappa shape index (κ3) is 4.31. The van der Waals surface area contributed by atoms with Gasteiger partial charge in [0, 0.05) is 18.8 Å². The number of unbranched alkanes of at least 4 members (excludes halogenated alkanes) is 1. The molecule has 102 valence electrons. The van der Waals surface area contributed by atoms with Crippen LogP contribution in [-0.2, 0) is 9.92 Å². The summed E-state index contributed by atoms with van der Waals surface area (Å²) in [6.07, 6.45) is 2.95.